The van der Waals surface area contributed by atoms with E-state index in [0.717, 1.165) is 6.42 Å². The summed E-state index contributed by atoms with van der Waals surface area (Å²) in [6, 6.07) is 18.0. The van der Waals surface area contributed by atoms with Gasteiger partial charge in [0.15, 0.2) is 0 Å². The Morgan fingerprint density at radius 1 is 0.833 bits per heavy atom. The summed E-state index contributed by atoms with van der Waals surface area (Å²) < 4.78 is 0. The van der Waals surface area contributed by atoms with E-state index in [1.54, 1.807) is 5.57 Å². The Kier molecular flexibility index (Phi) is 2.99. The molecule has 0 amide bonds. The molecule has 0 heterocycles. The number of allylic oxidation sites excluding steroid dienone is 1. The first kappa shape index (κ1) is 13.8. The lowest BCUT2D eigenvalue weighted by molar-refractivity contribution is 0.886. The maximum absolute atomic E-state index is 2.44. The molecule has 0 heteroatoms. The van der Waals surface area contributed by atoms with Crippen molar-refractivity contribution < 1.29 is 0 Å². The molecule has 5 rings (SSSR count). The molecule has 0 bridgehead atoms. The predicted molar refractivity (Wildman–Crippen MR) is 105 cm³/mol. The van der Waals surface area contributed by atoms with E-state index in [1.807, 2.05) is 0 Å². The van der Waals surface area contributed by atoms with E-state index < -0.39 is 0 Å². The lowest BCUT2D eigenvalue weighted by atomic mass is 9.91. The summed E-state index contributed by atoms with van der Waals surface area (Å²) in [6.07, 6.45) is 10.5. The predicted octanol–water partition coefficient (Wildman–Crippen LogP) is 6.73. The second-order valence-corrected chi connectivity index (χ2v) is 6.91. The van der Waals surface area contributed by atoms with Crippen LogP contribution in [0.15, 0.2) is 54.1 Å². The molecule has 24 heavy (non-hydrogen) atoms. The Balaban J connectivity index is 1.76. The fraction of sp³-hybridized carbons (Fsp3) is 0.167. The molecule has 0 spiro atoms. The molecule has 0 radical (unpaired) electrons. The van der Waals surface area contributed by atoms with Gasteiger partial charge >= 0.3 is 0 Å². The summed E-state index contributed by atoms with van der Waals surface area (Å²) in [4.78, 5) is 0. The van der Waals surface area contributed by atoms with E-state index in [0.29, 0.717) is 0 Å². The molecule has 0 N–H and O–H groups in total. The molecule has 0 fully saturated rings. The second kappa shape index (κ2) is 5.21. The van der Waals surface area contributed by atoms with Crippen molar-refractivity contribution in [3.63, 3.8) is 0 Å². The summed E-state index contributed by atoms with van der Waals surface area (Å²) in [5.41, 5.74) is 9.94. The van der Waals surface area contributed by atoms with Gasteiger partial charge in [-0.2, -0.15) is 0 Å². The Bertz CT molecular complexity index is 1020. The summed E-state index contributed by atoms with van der Waals surface area (Å²) >= 11 is 0. The van der Waals surface area contributed by atoms with E-state index in [9.17, 15) is 0 Å². The highest BCUT2D eigenvalue weighted by Gasteiger charge is 2.19. The third kappa shape index (κ3) is 1.93. The summed E-state index contributed by atoms with van der Waals surface area (Å²) in [5.74, 6) is 0. The standard InChI is InChI=1S/C24H20/c1-2-5-16-14-19-7-4-8-20(23(19)15-16)21-13-12-18-11-10-17-6-3-9-22(21)24(17)18/h3-4,6-13,15H,2,5,14H2,1H3. The van der Waals surface area contributed by atoms with Crippen molar-refractivity contribution in [3.05, 3.63) is 76.4 Å². The van der Waals surface area contributed by atoms with Gasteiger partial charge in [-0.15, -0.1) is 0 Å². The van der Waals surface area contributed by atoms with Crippen LogP contribution < -0.4 is 0 Å². The molecule has 2 aliphatic rings. The van der Waals surface area contributed by atoms with Crippen LogP contribution >= 0.6 is 0 Å². The lowest BCUT2D eigenvalue weighted by Crippen LogP contribution is -1.90. The topological polar surface area (TPSA) is 0 Å². The maximum atomic E-state index is 2.44. The van der Waals surface area contributed by atoms with E-state index in [2.05, 4.69) is 73.7 Å². The van der Waals surface area contributed by atoms with Crippen molar-refractivity contribution in [3.8, 4) is 11.1 Å². The number of hydrogen-bond acceptors (Lipinski definition) is 0. The summed E-state index contributed by atoms with van der Waals surface area (Å²) in [5, 5.41) is 2.78. The summed E-state index contributed by atoms with van der Waals surface area (Å²) in [7, 11) is 0. The molecule has 0 aromatic heterocycles. The zero-order chi connectivity index (χ0) is 16.1. The van der Waals surface area contributed by atoms with E-state index in [1.165, 1.54) is 57.0 Å². The van der Waals surface area contributed by atoms with Crippen LogP contribution in [0.5, 0.6) is 0 Å². The van der Waals surface area contributed by atoms with Crippen LogP contribution in [0.25, 0.3) is 40.1 Å². The minimum Gasteiger partial charge on any atom is -0.0652 e. The molecule has 116 valence electrons. The molecule has 0 unspecified atom stereocenters. The first-order valence-electron chi connectivity index (χ1n) is 8.90. The first-order valence-corrected chi connectivity index (χ1v) is 8.90. The largest absolute Gasteiger partial charge is 0.0652 e. The zero-order valence-corrected chi connectivity index (χ0v) is 14.0. The maximum Gasteiger partial charge on any atom is -0.00326 e. The van der Waals surface area contributed by atoms with Gasteiger partial charge in [-0.05, 0) is 57.0 Å². The van der Waals surface area contributed by atoms with Crippen molar-refractivity contribution in [1.82, 2.24) is 0 Å². The van der Waals surface area contributed by atoms with Crippen LogP contribution in [-0.2, 0) is 6.42 Å². The molecule has 0 saturated heterocycles. The highest BCUT2D eigenvalue weighted by atomic mass is 14.2. The SMILES string of the molecule is CCCC1=Cc2c(cccc2-c2ccc3c4c(cccc24)C=C3)C1. The van der Waals surface area contributed by atoms with Gasteiger partial charge in [0.05, 0.1) is 0 Å². The lowest BCUT2D eigenvalue weighted by Gasteiger charge is -2.12. The number of rotatable bonds is 3. The minimum atomic E-state index is 1.12. The van der Waals surface area contributed by atoms with Gasteiger partial charge in [0.25, 0.3) is 0 Å². The highest BCUT2D eigenvalue weighted by Crippen LogP contribution is 2.41. The van der Waals surface area contributed by atoms with Gasteiger partial charge in [0, 0.05) is 0 Å². The number of hydrogen-bond donors (Lipinski definition) is 0. The Morgan fingerprint density at radius 3 is 2.54 bits per heavy atom. The second-order valence-electron chi connectivity index (χ2n) is 6.91. The third-order valence-electron chi connectivity index (χ3n) is 5.37. The van der Waals surface area contributed by atoms with Crippen LogP contribution in [0.1, 0.15) is 42.0 Å². The van der Waals surface area contributed by atoms with Crippen molar-refractivity contribution in [2.75, 3.05) is 0 Å². The molecule has 3 aromatic carbocycles. The van der Waals surface area contributed by atoms with Gasteiger partial charge in [-0.1, -0.05) is 85.7 Å². The average molecular weight is 308 g/mol. The van der Waals surface area contributed by atoms with Gasteiger partial charge in [-0.25, -0.2) is 0 Å². The fourth-order valence-electron chi connectivity index (χ4n) is 4.31. The number of benzene rings is 3. The molecular weight excluding hydrogens is 288 g/mol. The van der Waals surface area contributed by atoms with Crippen LogP contribution in [0, 0.1) is 0 Å². The summed E-state index contributed by atoms with van der Waals surface area (Å²) in [6.45, 7) is 2.26. The average Bonchev–Trinajstić information content (AvgIpc) is 3.21. The first-order chi connectivity index (χ1) is 11.8. The smallest absolute Gasteiger partial charge is 0.00326 e. The molecule has 0 aliphatic heterocycles. The quantitative estimate of drug-likeness (QED) is 0.393. The molecule has 0 saturated carbocycles. The van der Waals surface area contributed by atoms with Crippen LogP contribution in [0.2, 0.25) is 0 Å². The number of fused-ring (bicyclic) bond motifs is 1. The minimum absolute atomic E-state index is 1.12. The Hall–Kier alpha value is -2.60. The van der Waals surface area contributed by atoms with Gasteiger partial charge in [0.1, 0.15) is 0 Å². The highest BCUT2D eigenvalue weighted by molar-refractivity contribution is 6.10. The van der Waals surface area contributed by atoms with Crippen molar-refractivity contribution in [1.29, 1.82) is 0 Å². The van der Waals surface area contributed by atoms with Gasteiger partial charge in [0.2, 0.25) is 0 Å². The van der Waals surface area contributed by atoms with E-state index in [-0.39, 0.29) is 0 Å². The normalized spacial score (nSPS) is 14.3. The van der Waals surface area contributed by atoms with Gasteiger partial charge < -0.3 is 0 Å². The van der Waals surface area contributed by atoms with E-state index >= 15 is 0 Å². The van der Waals surface area contributed by atoms with Crippen molar-refractivity contribution in [2.24, 2.45) is 0 Å². The van der Waals surface area contributed by atoms with Crippen molar-refractivity contribution >= 4 is 29.0 Å². The van der Waals surface area contributed by atoms with E-state index in [4.69, 9.17) is 0 Å². The molecule has 0 atom stereocenters. The Morgan fingerprint density at radius 2 is 1.67 bits per heavy atom. The van der Waals surface area contributed by atoms with Crippen molar-refractivity contribution in [2.45, 2.75) is 26.2 Å². The van der Waals surface area contributed by atoms with Crippen LogP contribution in [0.3, 0.4) is 0 Å². The van der Waals surface area contributed by atoms with Crippen LogP contribution in [0.4, 0.5) is 0 Å². The Labute approximate surface area is 143 Å². The molecular formula is C24H20. The molecule has 0 nitrogen and oxygen atoms in total. The van der Waals surface area contributed by atoms with Crippen LogP contribution in [-0.4, -0.2) is 0 Å². The zero-order valence-electron chi connectivity index (χ0n) is 14.0. The monoisotopic (exact) mass is 308 g/mol. The molecule has 2 aliphatic carbocycles. The molecule has 3 aromatic rings. The van der Waals surface area contributed by atoms with Gasteiger partial charge in [-0.3, -0.25) is 0 Å². The third-order valence-corrected chi connectivity index (χ3v) is 5.37. The fourth-order valence-corrected chi connectivity index (χ4v) is 4.31.